The van der Waals surface area contributed by atoms with E-state index >= 15 is 0 Å². The van der Waals surface area contributed by atoms with Crippen molar-refractivity contribution in [3.8, 4) is 11.3 Å². The van der Waals surface area contributed by atoms with E-state index in [2.05, 4.69) is 4.98 Å². The Kier molecular flexibility index (Phi) is 3.01. The number of carboxylic acid groups (broad SMARTS) is 1. The van der Waals surface area contributed by atoms with Crippen molar-refractivity contribution in [3.63, 3.8) is 0 Å². The second-order valence-electron chi connectivity index (χ2n) is 3.46. The van der Waals surface area contributed by atoms with Crippen LogP contribution >= 0.6 is 0 Å². The highest BCUT2D eigenvalue weighted by Gasteiger charge is 2.19. The fraction of sp³-hybridized carbons (Fsp3) is 0. The summed E-state index contributed by atoms with van der Waals surface area (Å²) in [6.45, 7) is 0. The Morgan fingerprint density at radius 2 is 1.94 bits per heavy atom. The van der Waals surface area contributed by atoms with E-state index in [0.717, 1.165) is 12.3 Å². The lowest BCUT2D eigenvalue weighted by Gasteiger charge is -2.06. The van der Waals surface area contributed by atoms with Gasteiger partial charge in [0.2, 0.25) is 0 Å². The van der Waals surface area contributed by atoms with E-state index in [1.807, 2.05) is 0 Å². The number of hydrogen-bond acceptors (Lipinski definition) is 2. The average molecular weight is 253 g/mol. The van der Waals surface area contributed by atoms with Crippen molar-refractivity contribution in [1.82, 2.24) is 4.98 Å². The van der Waals surface area contributed by atoms with Crippen LogP contribution in [0.2, 0.25) is 0 Å². The van der Waals surface area contributed by atoms with Gasteiger partial charge in [0.05, 0.1) is 17.5 Å². The largest absolute Gasteiger partial charge is 0.478 e. The number of aromatic carboxylic acids is 1. The molecule has 1 N–H and O–H groups in total. The topological polar surface area (TPSA) is 50.2 Å². The molecule has 3 nitrogen and oxygen atoms in total. The maximum Gasteiger partial charge on any atom is 0.338 e. The van der Waals surface area contributed by atoms with Crippen LogP contribution in [0.15, 0.2) is 30.5 Å². The zero-order chi connectivity index (χ0) is 13.3. The zero-order valence-corrected chi connectivity index (χ0v) is 8.82. The first-order valence-electron chi connectivity index (χ1n) is 4.84. The van der Waals surface area contributed by atoms with E-state index in [1.54, 1.807) is 0 Å². The highest BCUT2D eigenvalue weighted by Crippen LogP contribution is 2.26. The van der Waals surface area contributed by atoms with Gasteiger partial charge in [-0.1, -0.05) is 6.07 Å². The number of benzene rings is 1. The minimum Gasteiger partial charge on any atom is -0.478 e. The molecule has 0 aliphatic carbocycles. The quantitative estimate of drug-likeness (QED) is 0.895. The summed E-state index contributed by atoms with van der Waals surface area (Å²) < 4.78 is 39.5. The third kappa shape index (κ3) is 2.04. The Hall–Kier alpha value is -2.37. The summed E-state index contributed by atoms with van der Waals surface area (Å²) in [6, 6.07) is 3.98. The summed E-state index contributed by atoms with van der Waals surface area (Å²) >= 11 is 0. The molecule has 6 heteroatoms. The number of pyridine rings is 1. The van der Waals surface area contributed by atoms with Crippen molar-refractivity contribution >= 4 is 5.97 Å². The first-order valence-corrected chi connectivity index (χ1v) is 4.84. The van der Waals surface area contributed by atoms with Crippen LogP contribution in [0.4, 0.5) is 13.2 Å². The fourth-order valence-electron chi connectivity index (χ4n) is 1.50. The lowest BCUT2D eigenvalue weighted by atomic mass is 10.1. The molecule has 0 bridgehead atoms. The van der Waals surface area contributed by atoms with Crippen LogP contribution in [0.5, 0.6) is 0 Å². The molecule has 2 aromatic rings. The van der Waals surface area contributed by atoms with Crippen molar-refractivity contribution in [3.05, 3.63) is 53.5 Å². The van der Waals surface area contributed by atoms with Gasteiger partial charge in [-0.25, -0.2) is 18.0 Å². The smallest absolute Gasteiger partial charge is 0.338 e. The number of nitrogens with zero attached hydrogens (tertiary/aromatic N) is 1. The maximum atomic E-state index is 13.5. The van der Waals surface area contributed by atoms with E-state index in [4.69, 9.17) is 5.11 Å². The van der Waals surface area contributed by atoms with Crippen LogP contribution in [0, 0.1) is 17.5 Å². The van der Waals surface area contributed by atoms with Gasteiger partial charge in [-0.3, -0.25) is 4.98 Å². The van der Waals surface area contributed by atoms with Crippen molar-refractivity contribution in [2.75, 3.05) is 0 Å². The molecule has 0 unspecified atom stereocenters. The molecule has 18 heavy (non-hydrogen) atoms. The molecule has 0 aliphatic heterocycles. The summed E-state index contributed by atoms with van der Waals surface area (Å²) in [6.07, 6.45) is 0.742. The molecular formula is C12H6F3NO2. The van der Waals surface area contributed by atoms with Gasteiger partial charge in [0.1, 0.15) is 5.82 Å². The molecule has 0 fully saturated rings. The Bertz CT molecular complexity index is 629. The maximum absolute atomic E-state index is 13.5. The molecule has 0 amide bonds. The number of rotatable bonds is 2. The van der Waals surface area contributed by atoms with Crippen LogP contribution < -0.4 is 0 Å². The minimum absolute atomic E-state index is 0.319. The predicted molar refractivity (Wildman–Crippen MR) is 56.5 cm³/mol. The highest BCUT2D eigenvalue weighted by molar-refractivity contribution is 5.94. The molecule has 0 aliphatic rings. The number of carbonyl (C=O) groups is 1. The van der Waals surface area contributed by atoms with Crippen LogP contribution in [-0.2, 0) is 0 Å². The van der Waals surface area contributed by atoms with Gasteiger partial charge >= 0.3 is 5.97 Å². The van der Waals surface area contributed by atoms with E-state index < -0.39 is 29.0 Å². The molecule has 0 spiro atoms. The first-order chi connectivity index (χ1) is 8.50. The molecule has 0 saturated carbocycles. The minimum atomic E-state index is -1.47. The third-order valence-electron chi connectivity index (χ3n) is 2.29. The molecule has 0 saturated heterocycles. The summed E-state index contributed by atoms with van der Waals surface area (Å²) in [7, 11) is 0. The Morgan fingerprint density at radius 1 is 1.22 bits per heavy atom. The molecule has 1 aromatic heterocycles. The molecule has 2 rings (SSSR count). The lowest BCUT2D eigenvalue weighted by Crippen LogP contribution is -2.04. The van der Waals surface area contributed by atoms with Gasteiger partial charge in [-0.05, 0) is 18.2 Å². The lowest BCUT2D eigenvalue weighted by molar-refractivity contribution is 0.0696. The SMILES string of the molecule is O=C(O)c1cc(F)cnc1-c1cccc(F)c1F. The fourth-order valence-corrected chi connectivity index (χ4v) is 1.50. The van der Waals surface area contributed by atoms with Gasteiger partial charge in [0.15, 0.2) is 11.6 Å². The Balaban J connectivity index is 2.71. The van der Waals surface area contributed by atoms with Gasteiger partial charge < -0.3 is 5.11 Å². The molecule has 1 aromatic carbocycles. The van der Waals surface area contributed by atoms with Crippen molar-refractivity contribution in [2.24, 2.45) is 0 Å². The molecular weight excluding hydrogens is 247 g/mol. The van der Waals surface area contributed by atoms with Gasteiger partial charge in [-0.15, -0.1) is 0 Å². The van der Waals surface area contributed by atoms with Gasteiger partial charge in [0.25, 0.3) is 0 Å². The van der Waals surface area contributed by atoms with E-state index in [9.17, 15) is 18.0 Å². The summed E-state index contributed by atoms with van der Waals surface area (Å²) in [5.41, 5.74) is -1.17. The van der Waals surface area contributed by atoms with E-state index in [1.165, 1.54) is 12.1 Å². The first kappa shape index (κ1) is 12.1. The number of halogens is 3. The molecule has 0 atom stereocenters. The summed E-state index contributed by atoms with van der Waals surface area (Å²) in [5.74, 6) is -4.69. The number of carboxylic acids is 1. The van der Waals surface area contributed by atoms with Crippen molar-refractivity contribution < 1.29 is 23.1 Å². The van der Waals surface area contributed by atoms with Crippen molar-refractivity contribution in [1.29, 1.82) is 0 Å². The normalized spacial score (nSPS) is 10.4. The monoisotopic (exact) mass is 253 g/mol. The highest BCUT2D eigenvalue weighted by atomic mass is 19.2. The molecule has 0 radical (unpaired) electrons. The van der Waals surface area contributed by atoms with Gasteiger partial charge in [0, 0.05) is 5.56 Å². The van der Waals surface area contributed by atoms with Crippen LogP contribution in [0.3, 0.4) is 0 Å². The second kappa shape index (κ2) is 4.48. The van der Waals surface area contributed by atoms with Crippen LogP contribution in [0.1, 0.15) is 10.4 Å². The number of aromatic nitrogens is 1. The van der Waals surface area contributed by atoms with Crippen LogP contribution in [-0.4, -0.2) is 16.1 Å². The zero-order valence-electron chi connectivity index (χ0n) is 8.82. The van der Waals surface area contributed by atoms with E-state index in [-0.39, 0.29) is 11.3 Å². The second-order valence-corrected chi connectivity index (χ2v) is 3.46. The third-order valence-corrected chi connectivity index (χ3v) is 2.29. The Labute approximate surface area is 99.5 Å². The molecule has 92 valence electrons. The average Bonchev–Trinajstić information content (AvgIpc) is 2.33. The summed E-state index contributed by atoms with van der Waals surface area (Å²) in [5, 5.41) is 8.89. The number of hydrogen-bond donors (Lipinski definition) is 1. The van der Waals surface area contributed by atoms with Crippen LogP contribution in [0.25, 0.3) is 11.3 Å². The van der Waals surface area contributed by atoms with Gasteiger partial charge in [-0.2, -0.15) is 0 Å². The Morgan fingerprint density at radius 3 is 2.61 bits per heavy atom. The van der Waals surface area contributed by atoms with Crippen molar-refractivity contribution in [2.45, 2.75) is 0 Å². The standard InChI is InChI=1S/C12H6F3NO2/c13-6-4-8(12(17)18)11(16-5-6)7-2-1-3-9(14)10(7)15/h1-5H,(H,17,18). The molecule has 1 heterocycles. The predicted octanol–water partition coefficient (Wildman–Crippen LogP) is 2.86. The van der Waals surface area contributed by atoms with E-state index in [0.29, 0.717) is 6.07 Å². The summed E-state index contributed by atoms with van der Waals surface area (Å²) in [4.78, 5) is 14.4.